The largest absolute Gasteiger partial charge is 0.317 e. The number of aromatic nitrogens is 1. The van der Waals surface area contributed by atoms with Crippen LogP contribution in [0.5, 0.6) is 0 Å². The second-order valence-electron chi connectivity index (χ2n) is 11.5. The highest BCUT2D eigenvalue weighted by atomic mass is 16.2. The molecule has 36 heavy (non-hydrogen) atoms. The van der Waals surface area contributed by atoms with Crippen LogP contribution in [-0.4, -0.2) is 42.9 Å². The van der Waals surface area contributed by atoms with Crippen molar-refractivity contribution in [2.75, 3.05) is 18.5 Å². The van der Waals surface area contributed by atoms with E-state index < -0.39 is 6.04 Å². The van der Waals surface area contributed by atoms with E-state index in [1.807, 2.05) is 30.3 Å². The van der Waals surface area contributed by atoms with E-state index in [2.05, 4.69) is 43.4 Å². The summed E-state index contributed by atoms with van der Waals surface area (Å²) in [5.41, 5.74) is 2.67. The number of pyridine rings is 1. The average molecular weight is 491 g/mol. The van der Waals surface area contributed by atoms with Gasteiger partial charge in [0.25, 0.3) is 0 Å². The smallest absolute Gasteiger partial charge is 0.245 e. The first-order chi connectivity index (χ1) is 17.3. The first-order valence-corrected chi connectivity index (χ1v) is 13.5. The number of nitrogens with zero attached hydrogens (tertiary/aromatic N) is 2. The third kappa shape index (κ3) is 6.22. The molecule has 1 amide bonds. The molecule has 194 valence electrons. The summed E-state index contributed by atoms with van der Waals surface area (Å²) in [7, 11) is 2.07. The van der Waals surface area contributed by atoms with Crippen LogP contribution in [0.1, 0.15) is 76.5 Å². The molecule has 0 bridgehead atoms. The molecule has 1 aromatic carbocycles. The number of rotatable bonds is 6. The topological polar surface area (TPSA) is 74.3 Å². The van der Waals surface area contributed by atoms with Crippen molar-refractivity contribution in [3.05, 3.63) is 59.9 Å². The number of hydrogen-bond donors (Lipinski definition) is 2. The summed E-state index contributed by atoms with van der Waals surface area (Å²) in [4.78, 5) is 31.4. The van der Waals surface area contributed by atoms with Crippen molar-refractivity contribution in [1.82, 2.24) is 15.6 Å². The Bertz CT molecular complexity index is 996. The first-order valence-electron chi connectivity index (χ1n) is 13.5. The molecule has 1 aliphatic heterocycles. The summed E-state index contributed by atoms with van der Waals surface area (Å²) in [6.07, 6.45) is 12.4. The molecule has 0 spiro atoms. The van der Waals surface area contributed by atoms with Gasteiger partial charge in [-0.05, 0) is 73.9 Å². The molecule has 2 heterocycles. The van der Waals surface area contributed by atoms with Crippen LogP contribution in [0.2, 0.25) is 0 Å². The fourth-order valence-corrected chi connectivity index (χ4v) is 5.54. The number of anilines is 1. The van der Waals surface area contributed by atoms with Crippen molar-refractivity contribution in [3.63, 3.8) is 0 Å². The van der Waals surface area contributed by atoms with E-state index in [1.54, 1.807) is 23.4 Å². The quantitative estimate of drug-likeness (QED) is 0.569. The van der Waals surface area contributed by atoms with Gasteiger partial charge < -0.3 is 15.4 Å². The second kappa shape index (κ2) is 11.7. The predicted molar refractivity (Wildman–Crippen MR) is 145 cm³/mol. The summed E-state index contributed by atoms with van der Waals surface area (Å²) in [6.45, 7) is 7.36. The molecule has 2 N–H and O–H groups in total. The van der Waals surface area contributed by atoms with Crippen molar-refractivity contribution in [2.45, 2.75) is 82.8 Å². The zero-order valence-electron chi connectivity index (χ0n) is 22.2. The van der Waals surface area contributed by atoms with Gasteiger partial charge in [-0.15, -0.1) is 0 Å². The lowest BCUT2D eigenvalue weighted by Crippen LogP contribution is -2.48. The molecular formula is C30H42N4O2. The summed E-state index contributed by atoms with van der Waals surface area (Å²) in [6, 6.07) is 11.6. The molecule has 3 fully saturated rings. The van der Waals surface area contributed by atoms with Gasteiger partial charge in [-0.25, -0.2) is 0 Å². The molecule has 2 aliphatic carbocycles. The van der Waals surface area contributed by atoms with Crippen molar-refractivity contribution in [1.29, 1.82) is 0 Å². The summed E-state index contributed by atoms with van der Waals surface area (Å²) in [5, 5.41) is 6.65. The SMILES string of the molecule is CC(C)(C)c1ccc(N(C(=O)C2NCC3CC32)C(C=O)c2cccnc2)cc1.CNC1CCCCC1. The van der Waals surface area contributed by atoms with E-state index in [0.717, 1.165) is 36.5 Å². The van der Waals surface area contributed by atoms with Crippen LogP contribution in [-0.2, 0) is 15.0 Å². The first kappa shape index (κ1) is 26.5. The maximum atomic E-state index is 13.5. The van der Waals surface area contributed by atoms with E-state index >= 15 is 0 Å². The molecule has 6 nitrogen and oxygen atoms in total. The fourth-order valence-electron chi connectivity index (χ4n) is 5.54. The molecular weight excluding hydrogens is 448 g/mol. The van der Waals surface area contributed by atoms with Gasteiger partial charge in [0.1, 0.15) is 12.3 Å². The number of amides is 1. The van der Waals surface area contributed by atoms with Gasteiger partial charge in [0.15, 0.2) is 0 Å². The molecule has 4 unspecified atom stereocenters. The summed E-state index contributed by atoms with van der Waals surface area (Å²) < 4.78 is 0. The average Bonchev–Trinajstić information content (AvgIpc) is 3.56. The van der Waals surface area contributed by atoms with Crippen LogP contribution >= 0.6 is 0 Å². The van der Waals surface area contributed by atoms with E-state index in [-0.39, 0.29) is 17.4 Å². The Balaban J connectivity index is 0.000000325. The van der Waals surface area contributed by atoms with Crippen molar-refractivity contribution >= 4 is 17.9 Å². The van der Waals surface area contributed by atoms with E-state index in [0.29, 0.717) is 11.8 Å². The molecule has 6 heteroatoms. The minimum absolute atomic E-state index is 0.0228. The Morgan fingerprint density at radius 1 is 1.14 bits per heavy atom. The normalized spacial score (nSPS) is 24.2. The van der Waals surface area contributed by atoms with E-state index in [1.165, 1.54) is 37.7 Å². The monoisotopic (exact) mass is 490 g/mol. The zero-order chi connectivity index (χ0) is 25.7. The molecule has 4 atom stereocenters. The summed E-state index contributed by atoms with van der Waals surface area (Å²) >= 11 is 0. The number of nitrogens with one attached hydrogen (secondary N) is 2. The number of carbonyl (C=O) groups excluding carboxylic acids is 2. The van der Waals surface area contributed by atoms with Gasteiger partial charge in [-0.1, -0.05) is 58.2 Å². The van der Waals surface area contributed by atoms with Crippen molar-refractivity contribution in [3.8, 4) is 0 Å². The van der Waals surface area contributed by atoms with E-state index in [9.17, 15) is 9.59 Å². The lowest BCUT2D eigenvalue weighted by atomic mass is 9.87. The molecule has 5 rings (SSSR count). The number of benzene rings is 1. The number of hydrogen-bond acceptors (Lipinski definition) is 5. The minimum Gasteiger partial charge on any atom is -0.317 e. The Morgan fingerprint density at radius 2 is 1.86 bits per heavy atom. The van der Waals surface area contributed by atoms with Gasteiger partial charge in [0.05, 0.1) is 6.04 Å². The van der Waals surface area contributed by atoms with Crippen LogP contribution in [0.25, 0.3) is 0 Å². The standard InChI is InChI=1S/C23H27N3O2.C7H15N/c1-23(2,3)17-6-8-18(9-7-17)26(20(14-27)15-5-4-10-24-12-15)22(28)21-19-11-16(19)13-25-21;1-8-7-5-3-2-4-6-7/h4-10,12,14,16,19-21,25H,11,13H2,1-3H3;7-8H,2-6H2,1H3. The van der Waals surface area contributed by atoms with Gasteiger partial charge in [0, 0.05) is 29.7 Å². The highest BCUT2D eigenvalue weighted by Crippen LogP contribution is 2.46. The van der Waals surface area contributed by atoms with E-state index in [4.69, 9.17) is 0 Å². The lowest BCUT2D eigenvalue weighted by molar-refractivity contribution is -0.123. The van der Waals surface area contributed by atoms with Crippen LogP contribution in [0.4, 0.5) is 5.69 Å². The Labute approximate surface area is 216 Å². The van der Waals surface area contributed by atoms with Gasteiger partial charge in [0.2, 0.25) is 5.91 Å². The molecule has 1 saturated heterocycles. The number of piperidine rings is 1. The maximum Gasteiger partial charge on any atom is 0.245 e. The summed E-state index contributed by atoms with van der Waals surface area (Å²) in [5.74, 6) is 0.964. The molecule has 2 aromatic rings. The molecule has 3 aliphatic rings. The Hall–Kier alpha value is -2.57. The number of carbonyl (C=O) groups is 2. The highest BCUT2D eigenvalue weighted by molar-refractivity contribution is 6.01. The van der Waals surface area contributed by atoms with Crippen molar-refractivity contribution < 1.29 is 9.59 Å². The lowest BCUT2D eigenvalue weighted by Gasteiger charge is -2.32. The van der Waals surface area contributed by atoms with Crippen LogP contribution in [0.3, 0.4) is 0 Å². The van der Waals surface area contributed by atoms with Gasteiger partial charge >= 0.3 is 0 Å². The zero-order valence-corrected chi connectivity index (χ0v) is 22.2. The molecule has 0 radical (unpaired) electrons. The Morgan fingerprint density at radius 3 is 2.33 bits per heavy atom. The third-order valence-electron chi connectivity index (χ3n) is 7.97. The maximum absolute atomic E-state index is 13.5. The third-order valence-corrected chi connectivity index (χ3v) is 7.97. The van der Waals surface area contributed by atoms with Crippen molar-refractivity contribution in [2.24, 2.45) is 11.8 Å². The molecule has 1 aromatic heterocycles. The molecule has 2 saturated carbocycles. The predicted octanol–water partition coefficient (Wildman–Crippen LogP) is 4.80. The Kier molecular flexibility index (Phi) is 8.58. The van der Waals surface area contributed by atoms with Crippen LogP contribution in [0.15, 0.2) is 48.8 Å². The number of aldehydes is 1. The minimum atomic E-state index is -0.693. The number of fused-ring (bicyclic) bond motifs is 1. The van der Waals surface area contributed by atoms with Gasteiger partial charge in [-0.2, -0.15) is 0 Å². The highest BCUT2D eigenvalue weighted by Gasteiger charge is 2.52. The van der Waals surface area contributed by atoms with Gasteiger partial charge in [-0.3, -0.25) is 14.7 Å². The van der Waals surface area contributed by atoms with Crippen LogP contribution in [0, 0.1) is 11.8 Å². The fraction of sp³-hybridized carbons (Fsp3) is 0.567. The van der Waals surface area contributed by atoms with Crippen LogP contribution < -0.4 is 15.5 Å². The second-order valence-corrected chi connectivity index (χ2v) is 11.5.